The van der Waals surface area contributed by atoms with Crippen molar-refractivity contribution in [2.24, 2.45) is 0 Å². The van der Waals surface area contributed by atoms with Crippen molar-refractivity contribution in [1.29, 1.82) is 0 Å². The Labute approximate surface area is 724 Å². The number of aryl methyl sites for hydroxylation is 2. The summed E-state index contributed by atoms with van der Waals surface area (Å²) in [5.41, 5.74) is 2.91. The molecule has 8 amide bonds. The first-order chi connectivity index (χ1) is 58.1. The fourth-order valence-corrected chi connectivity index (χ4v) is 17.5. The van der Waals surface area contributed by atoms with E-state index < -0.39 is 164 Å². The normalized spacial score (nSPS) is 15.0. The third-order valence-corrected chi connectivity index (χ3v) is 25.9. The highest BCUT2D eigenvalue weighted by Gasteiger charge is 2.40. The Morgan fingerprint density at radius 3 is 0.764 bits per heavy atom. The highest BCUT2D eigenvalue weighted by atomic mass is 79.9. The van der Waals surface area contributed by atoms with Crippen LogP contribution in [0, 0.1) is 24.0 Å². The van der Waals surface area contributed by atoms with Crippen LogP contribution in [0.15, 0.2) is 218 Å². The lowest BCUT2D eigenvalue weighted by Crippen LogP contribution is -2.33. The predicted molar refractivity (Wildman–Crippen MR) is 431 cm³/mol. The fourth-order valence-electron chi connectivity index (χ4n) is 11.2. The molecule has 44 heteroatoms. The molecule has 8 aromatic rings. The van der Waals surface area contributed by atoms with Crippen LogP contribution in [0.5, 0.6) is 5.75 Å². The van der Waals surface area contributed by atoms with Gasteiger partial charge in [-0.3, -0.25) is 67.8 Å². The van der Waals surface area contributed by atoms with Crippen LogP contribution in [0.4, 0.5) is 24.9 Å². The molecule has 4 aliphatic rings. The summed E-state index contributed by atoms with van der Waals surface area (Å²) in [5, 5.41) is 13.2. The van der Waals surface area contributed by atoms with Crippen molar-refractivity contribution in [1.82, 2.24) is 20.3 Å². The van der Waals surface area contributed by atoms with Gasteiger partial charge < -0.3 is 23.7 Å². The molecular formula is C79H69BrCl3N5O31S4. The van der Waals surface area contributed by atoms with Crippen molar-refractivity contribution >= 4 is 168 Å². The van der Waals surface area contributed by atoms with Crippen LogP contribution in [0.1, 0.15) is 109 Å². The summed E-state index contributed by atoms with van der Waals surface area (Å²) < 4.78 is 129. The molecule has 0 aliphatic carbocycles. The van der Waals surface area contributed by atoms with Crippen LogP contribution >= 0.6 is 50.7 Å². The zero-order chi connectivity index (χ0) is 89.8. The Kier molecular flexibility index (Phi) is 32.3. The van der Waals surface area contributed by atoms with E-state index in [1.165, 1.54) is 116 Å². The number of benzene rings is 8. The number of ether oxygens (including phenoxy) is 5. The number of rotatable bonds is 26. The third kappa shape index (κ3) is 26.9. The van der Waals surface area contributed by atoms with E-state index in [-0.39, 0.29) is 87.3 Å². The van der Waals surface area contributed by atoms with E-state index in [1.807, 2.05) is 13.8 Å². The van der Waals surface area contributed by atoms with E-state index in [1.54, 1.807) is 72.8 Å². The maximum atomic E-state index is 12.9. The molecule has 0 bridgehead atoms. The molecule has 0 radical (unpaired) electrons. The molecule has 123 heavy (non-hydrogen) atoms. The molecule has 0 aromatic heterocycles. The summed E-state index contributed by atoms with van der Waals surface area (Å²) in [4.78, 5) is 171. The van der Waals surface area contributed by atoms with Crippen molar-refractivity contribution in [3.63, 3.8) is 0 Å². The molecule has 4 saturated heterocycles. The maximum absolute atomic E-state index is 12.9. The molecule has 0 N–H and O–H groups in total. The number of sulfone groups is 4. The van der Waals surface area contributed by atoms with Gasteiger partial charge in [0.2, 0.25) is 0 Å². The van der Waals surface area contributed by atoms with Crippen LogP contribution in [0.2, 0.25) is 15.1 Å². The van der Waals surface area contributed by atoms with Crippen molar-refractivity contribution in [2.45, 2.75) is 109 Å². The summed E-state index contributed by atoms with van der Waals surface area (Å²) in [7, 11) is -14.2. The summed E-state index contributed by atoms with van der Waals surface area (Å²) in [6, 6.07) is 46.8. The summed E-state index contributed by atoms with van der Waals surface area (Å²) >= 11 is 20.7. The predicted octanol–water partition coefficient (Wildman–Crippen LogP) is 12.9. The minimum atomic E-state index is -4.02. The molecule has 4 unspecified atom stereocenters. The fraction of sp³-hybridized carbons (Fsp3) is 0.241. The van der Waals surface area contributed by atoms with Crippen LogP contribution in [-0.2, 0) is 116 Å². The first-order valence-electron chi connectivity index (χ1n) is 36.0. The molecule has 4 fully saturated rings. The number of methoxy groups -OCH3 is 1. The van der Waals surface area contributed by atoms with Crippen molar-refractivity contribution in [3.05, 3.63) is 257 Å². The van der Waals surface area contributed by atoms with E-state index >= 15 is 0 Å². The highest BCUT2D eigenvalue weighted by molar-refractivity contribution is 9.10. The molecule has 36 nitrogen and oxygen atoms in total. The monoisotopic (exact) mass is 1900 g/mol. The molecule has 4 heterocycles. The van der Waals surface area contributed by atoms with Crippen molar-refractivity contribution < 1.29 is 139 Å². The number of hydrogen-bond donors (Lipinski definition) is 0. The van der Waals surface area contributed by atoms with Gasteiger partial charge in [0.15, 0.2) is 39.3 Å². The quantitative estimate of drug-likeness (QED) is 0.0160. The van der Waals surface area contributed by atoms with Gasteiger partial charge >= 0.3 is 24.6 Å². The van der Waals surface area contributed by atoms with Gasteiger partial charge in [0.1, 0.15) is 30.2 Å². The Hall–Kier alpha value is -12.3. The standard InChI is InChI=1S/C21H21NO8S.C20H18ClNO7S.C19H15BrClNO7S.C19H15ClN2O9S/c1-14-3-5-15(6-4-14)18(29-21(25)30-22-19(23)11-12-20(22)24)13-31(26,27)17-9-7-16(28-2)8-10-17;1-13-2-4-14(5-3-13)17(12-30(26,27)16-8-6-15(21)7-9-16)28-20(25)29-22-18(23)10-11-19(22)24;20-13-3-1-12(2-4-13)16(11-30(26,27)15-7-5-14(21)6-8-15)28-19(25)29-22-17(23)9-10-18(22)24;20-13-3-7-15(8-4-13)32(28,29)11-16(12-1-5-14(6-2-12)22(26)27)30-19(25)31-21-17(23)9-10-18(21)24/h3-10,18H,11-13H2,1-2H3;2-9,17H,10-12H2,1H3;1-8,16H,9-11H2;1-8,16H,9-11H2. The Balaban J connectivity index is 0.000000186. The number of nitro groups is 1. The first-order valence-corrected chi connectivity index (χ1v) is 44.5. The number of nitro benzene ring substituents is 1. The molecule has 4 aliphatic heterocycles. The van der Waals surface area contributed by atoms with Gasteiger partial charge in [0.25, 0.3) is 52.9 Å². The number of carbonyl (C=O) groups excluding carboxylic acids is 12. The van der Waals surface area contributed by atoms with Gasteiger partial charge in [-0.05, 0) is 157 Å². The van der Waals surface area contributed by atoms with E-state index in [2.05, 4.69) is 20.8 Å². The van der Waals surface area contributed by atoms with Crippen LogP contribution in [0.25, 0.3) is 0 Å². The average molecular weight is 1900 g/mol. The number of carbonyl (C=O) groups is 12. The van der Waals surface area contributed by atoms with Crippen LogP contribution < -0.4 is 4.74 Å². The van der Waals surface area contributed by atoms with Gasteiger partial charge in [-0.1, -0.05) is 143 Å². The van der Waals surface area contributed by atoms with E-state index in [4.69, 9.17) is 73.0 Å². The second-order valence-electron chi connectivity index (χ2n) is 26.5. The van der Waals surface area contributed by atoms with Crippen LogP contribution in [0.3, 0.4) is 0 Å². The van der Waals surface area contributed by atoms with Crippen molar-refractivity contribution in [2.75, 3.05) is 30.1 Å². The number of amides is 8. The lowest BCUT2D eigenvalue weighted by molar-refractivity contribution is -0.384. The number of imide groups is 4. The van der Waals surface area contributed by atoms with Gasteiger partial charge in [-0.15, -0.1) is 0 Å². The second kappa shape index (κ2) is 42.0. The SMILES string of the molecule is COc1ccc(S(=O)(=O)CC(OC(=O)ON2C(=O)CCC2=O)c2ccc(C)cc2)cc1.Cc1ccc(C(CS(=O)(=O)c2ccc(Cl)cc2)OC(=O)ON2C(=O)CCC2=O)cc1.O=C(OC(CS(=O)(=O)c1ccc(Cl)cc1)c1ccc(Br)cc1)ON1C(=O)CCC1=O.O=C(OC(CS(=O)(=O)c1ccc(Cl)cc1)c1ccc([N+](=O)[O-])cc1)ON1C(=O)CCC1=O. The van der Waals surface area contributed by atoms with Gasteiger partial charge in [0.05, 0.1) is 54.6 Å². The maximum Gasteiger partial charge on any atom is 0.534 e. The van der Waals surface area contributed by atoms with Gasteiger partial charge in [-0.2, -0.15) is 0 Å². The molecule has 12 rings (SSSR count). The third-order valence-electron chi connectivity index (χ3n) is 17.7. The largest absolute Gasteiger partial charge is 0.534 e. The molecule has 4 atom stereocenters. The number of nitrogens with zero attached hydrogens (tertiary/aromatic N) is 5. The Morgan fingerprint density at radius 2 is 0.553 bits per heavy atom. The van der Waals surface area contributed by atoms with Crippen LogP contribution in [-0.4, -0.2) is 161 Å². The summed E-state index contributed by atoms with van der Waals surface area (Å²) in [6.07, 6.45) is -11.4. The van der Waals surface area contributed by atoms with E-state index in [0.29, 0.717) is 52.7 Å². The lowest BCUT2D eigenvalue weighted by Gasteiger charge is -2.20. The molecular weight excluding hydrogens is 1830 g/mol. The minimum Gasteiger partial charge on any atom is -0.497 e. The Bertz CT molecular complexity index is 5570. The van der Waals surface area contributed by atoms with Gasteiger partial charge in [0, 0.05) is 83.0 Å². The molecule has 0 saturated carbocycles. The summed E-state index contributed by atoms with van der Waals surface area (Å²) in [6.45, 7) is 3.70. The zero-order valence-electron chi connectivity index (χ0n) is 64.3. The first kappa shape index (κ1) is 94.6. The van der Waals surface area contributed by atoms with E-state index in [0.717, 1.165) is 27.7 Å². The number of non-ortho nitro benzene ring substituents is 1. The van der Waals surface area contributed by atoms with Gasteiger partial charge in [-0.25, -0.2) is 52.8 Å². The second-order valence-corrected chi connectivity index (χ2v) is 36.9. The zero-order valence-corrected chi connectivity index (χ0v) is 71.4. The van der Waals surface area contributed by atoms with E-state index in [9.17, 15) is 101 Å². The molecule has 0 spiro atoms. The smallest absolute Gasteiger partial charge is 0.497 e. The Morgan fingerprint density at radius 1 is 0.350 bits per heavy atom. The molecule has 648 valence electrons. The number of hydroxylamine groups is 8. The lowest BCUT2D eigenvalue weighted by atomic mass is 10.1. The number of hydrogen-bond acceptors (Lipinski definition) is 31. The molecule has 8 aromatic carbocycles. The summed E-state index contributed by atoms with van der Waals surface area (Å²) in [5.74, 6) is -7.49. The topological polar surface area (TPSA) is 481 Å². The number of halogens is 4. The van der Waals surface area contributed by atoms with Crippen molar-refractivity contribution in [3.8, 4) is 5.75 Å². The minimum absolute atomic E-state index is 0.00382. The highest BCUT2D eigenvalue weighted by Crippen LogP contribution is 2.33. The average Bonchev–Trinajstić information content (AvgIpc) is 1.73.